The van der Waals surface area contributed by atoms with E-state index < -0.39 is 0 Å². The minimum Gasteiger partial charge on any atom is -0.375 e. The van der Waals surface area contributed by atoms with E-state index in [1.807, 2.05) is 0 Å². The van der Waals surface area contributed by atoms with Crippen LogP contribution in [-0.2, 0) is 21.7 Å². The van der Waals surface area contributed by atoms with Gasteiger partial charge in [-0.15, -0.1) is 0 Å². The minimum absolute atomic E-state index is 0.0605. The highest BCUT2D eigenvalue weighted by atomic mass is 15.2. The summed E-state index contributed by atoms with van der Waals surface area (Å²) in [5.41, 5.74) is 24.6. The molecule has 8 fully saturated rings. The van der Waals surface area contributed by atoms with Crippen molar-refractivity contribution in [1.29, 1.82) is 0 Å². The second-order valence-electron chi connectivity index (χ2n) is 27.3. The second kappa shape index (κ2) is 11.0. The summed E-state index contributed by atoms with van der Waals surface area (Å²) < 4.78 is 2.91. The molecule has 0 amide bonds. The molecule has 7 aromatic rings. The van der Waals surface area contributed by atoms with E-state index in [9.17, 15) is 0 Å². The lowest BCUT2D eigenvalue weighted by Gasteiger charge is -2.66. The van der Waals surface area contributed by atoms with Crippen molar-refractivity contribution in [2.45, 2.75) is 140 Å². The van der Waals surface area contributed by atoms with E-state index in [-0.39, 0.29) is 17.7 Å². The van der Waals surface area contributed by atoms with Crippen molar-refractivity contribution in [1.82, 2.24) is 4.48 Å². The monoisotopic (exact) mass is 871 g/mol. The van der Waals surface area contributed by atoms with Crippen molar-refractivity contribution in [2.75, 3.05) is 4.90 Å². The molecule has 332 valence electrons. The fraction of sp³-hybridized carbons (Fsp3) is 0.469. The molecule has 6 aromatic carbocycles. The van der Waals surface area contributed by atoms with Crippen LogP contribution in [0.2, 0.25) is 0 Å². The highest BCUT2D eigenvalue weighted by Gasteiger charge is 2.78. The number of hydrogen-bond donors (Lipinski definition) is 0. The van der Waals surface area contributed by atoms with E-state index in [1.165, 1.54) is 160 Å². The van der Waals surface area contributed by atoms with Crippen LogP contribution in [-0.4, -0.2) is 11.3 Å². The summed E-state index contributed by atoms with van der Waals surface area (Å²) in [6, 6.07) is 38.5. The van der Waals surface area contributed by atoms with Crippen LogP contribution in [0.3, 0.4) is 0 Å². The first-order valence-corrected chi connectivity index (χ1v) is 27.1. The molecule has 8 saturated carbocycles. The molecule has 4 bridgehead atoms. The van der Waals surface area contributed by atoms with Gasteiger partial charge in [0.2, 0.25) is 0 Å². The molecule has 67 heavy (non-hydrogen) atoms. The van der Waals surface area contributed by atoms with Gasteiger partial charge in [-0.25, -0.2) is 0 Å². The van der Waals surface area contributed by atoms with Crippen molar-refractivity contribution < 1.29 is 0 Å². The van der Waals surface area contributed by atoms with Crippen LogP contribution in [0.25, 0.3) is 43.7 Å². The number of hydrogen-bond acceptors (Lipinski definition) is 1. The van der Waals surface area contributed by atoms with Crippen molar-refractivity contribution in [3.05, 3.63) is 124 Å². The minimum atomic E-state index is 0.0605. The summed E-state index contributed by atoms with van der Waals surface area (Å²) in [6.07, 6.45) is 17.2. The van der Waals surface area contributed by atoms with Crippen LogP contribution in [0.15, 0.2) is 91.0 Å². The molecule has 2 nitrogen and oxygen atoms in total. The molecule has 11 aliphatic rings. The van der Waals surface area contributed by atoms with Crippen LogP contribution < -0.4 is 15.8 Å². The topological polar surface area (TPSA) is 8.17 Å². The molecule has 4 unspecified atom stereocenters. The standard InChI is InChI=1S/C64H63BN2/c1-34-17-47-49-26-38(62-30-43-22-40-23-44(31-62)64(40,43)33-62)25-48-46-24-37(61-28-41-20-39-21-42(29-61)63(39,41)32-61)12-14-52(46)67(58(48)49)65-56-45-10-8-7-9-36(45)11-13-53(56)66(55(18-34)57(47)65)54-27-51-50(19-35(54)2)59(3,4)15-16-60(51,5)6/h7-14,17-19,24-27,39-44H,15-16,20-23,28-33H2,1-6H3. The summed E-state index contributed by atoms with van der Waals surface area (Å²) in [6.45, 7) is 14.8. The predicted molar refractivity (Wildman–Crippen MR) is 278 cm³/mol. The molecule has 9 aliphatic carbocycles. The zero-order valence-electron chi connectivity index (χ0n) is 40.6. The quantitative estimate of drug-likeness (QED) is 0.161. The van der Waals surface area contributed by atoms with Crippen LogP contribution in [0.5, 0.6) is 0 Å². The van der Waals surface area contributed by atoms with Crippen LogP contribution in [0.1, 0.15) is 138 Å². The SMILES string of the molecule is Cc1cc2c3c(c1)N(c1cc4c(cc1C)C(C)(C)CCC4(C)C)c1ccc4ccccc4c1B3n1c3ccc(C45CC6CC7CC(C4)C76C5)cc3c3cc(C45CC6CC7CC(C4)C76C5)cc-2c31. The lowest BCUT2D eigenvalue weighted by molar-refractivity contribution is -0.175. The Bertz CT molecular complexity index is 3530. The van der Waals surface area contributed by atoms with Gasteiger partial charge in [-0.05, 0) is 262 Å². The lowest BCUT2D eigenvalue weighted by atomic mass is 9.38. The molecule has 18 rings (SSSR count). The van der Waals surface area contributed by atoms with Crippen LogP contribution >= 0.6 is 0 Å². The molecule has 0 saturated heterocycles. The van der Waals surface area contributed by atoms with Crippen molar-refractivity contribution in [2.24, 2.45) is 46.3 Å². The fourth-order valence-electron chi connectivity index (χ4n) is 21.1. The molecular formula is C64H63BN2. The van der Waals surface area contributed by atoms with Crippen molar-refractivity contribution in [3.8, 4) is 11.1 Å². The lowest BCUT2D eigenvalue weighted by Crippen LogP contribution is -2.59. The van der Waals surface area contributed by atoms with Crippen LogP contribution in [0, 0.1) is 60.2 Å². The summed E-state index contributed by atoms with van der Waals surface area (Å²) in [4.78, 5) is 2.75. The highest BCUT2D eigenvalue weighted by molar-refractivity contribution is 6.91. The summed E-state index contributed by atoms with van der Waals surface area (Å²) in [5, 5.41) is 5.82. The first-order valence-electron chi connectivity index (χ1n) is 27.1. The van der Waals surface area contributed by atoms with Gasteiger partial charge in [0.25, 0.3) is 0 Å². The molecular weight excluding hydrogens is 808 g/mol. The maximum Gasteiger partial charge on any atom is 0.333 e. The van der Waals surface area contributed by atoms with E-state index in [1.54, 1.807) is 22.1 Å². The van der Waals surface area contributed by atoms with Gasteiger partial charge in [0.15, 0.2) is 0 Å². The molecule has 4 atom stereocenters. The summed E-state index contributed by atoms with van der Waals surface area (Å²) in [7, 11) is 0. The third kappa shape index (κ3) is 3.88. The smallest absolute Gasteiger partial charge is 0.333 e. The second-order valence-corrected chi connectivity index (χ2v) is 27.3. The zero-order valence-corrected chi connectivity index (χ0v) is 40.6. The number of anilines is 3. The molecule has 0 N–H and O–H groups in total. The Labute approximate surface area is 397 Å². The third-order valence-corrected chi connectivity index (χ3v) is 24.0. The Balaban J connectivity index is 0.942. The number of rotatable bonds is 3. The molecule has 2 aliphatic heterocycles. The predicted octanol–water partition coefficient (Wildman–Crippen LogP) is 14.5. The number of aromatic nitrogens is 1. The molecule has 3 heteroatoms. The van der Waals surface area contributed by atoms with E-state index in [0.29, 0.717) is 21.7 Å². The number of fused-ring (bicyclic) bond motifs is 12. The average Bonchev–Trinajstić information content (AvgIpc) is 4.07. The first kappa shape index (κ1) is 37.2. The molecule has 2 spiro atoms. The summed E-state index contributed by atoms with van der Waals surface area (Å²) in [5.74, 6) is 5.97. The van der Waals surface area contributed by atoms with Gasteiger partial charge in [-0.1, -0.05) is 76.2 Å². The maximum atomic E-state index is 2.91. The fourth-order valence-corrected chi connectivity index (χ4v) is 21.1. The van der Waals surface area contributed by atoms with Gasteiger partial charge < -0.3 is 9.38 Å². The number of benzene rings is 6. The van der Waals surface area contributed by atoms with Gasteiger partial charge >= 0.3 is 6.85 Å². The van der Waals surface area contributed by atoms with Gasteiger partial charge in [0.1, 0.15) is 0 Å². The Morgan fingerprint density at radius 1 is 0.522 bits per heavy atom. The van der Waals surface area contributed by atoms with E-state index in [4.69, 9.17) is 0 Å². The van der Waals surface area contributed by atoms with E-state index in [0.717, 1.165) is 35.5 Å². The average molecular weight is 871 g/mol. The van der Waals surface area contributed by atoms with Crippen molar-refractivity contribution >= 4 is 67.4 Å². The van der Waals surface area contributed by atoms with Crippen molar-refractivity contribution in [3.63, 3.8) is 0 Å². The normalized spacial score (nSPS) is 36.8. The molecule has 0 radical (unpaired) electrons. The Kier molecular flexibility index (Phi) is 6.10. The highest BCUT2D eigenvalue weighted by Crippen LogP contribution is 2.86. The number of nitrogens with zero attached hydrogens (tertiary/aromatic N) is 2. The van der Waals surface area contributed by atoms with Crippen LogP contribution in [0.4, 0.5) is 17.1 Å². The third-order valence-electron chi connectivity index (χ3n) is 24.0. The van der Waals surface area contributed by atoms with Gasteiger partial charge in [0.05, 0.1) is 0 Å². The Morgan fingerprint density at radius 2 is 1.16 bits per heavy atom. The zero-order chi connectivity index (χ0) is 44.3. The Hall–Kier alpha value is -4.76. The van der Waals surface area contributed by atoms with Gasteiger partial charge in [0, 0.05) is 44.4 Å². The number of aryl methyl sites for hydroxylation is 2. The van der Waals surface area contributed by atoms with E-state index in [2.05, 4.69) is 142 Å². The largest absolute Gasteiger partial charge is 0.375 e. The van der Waals surface area contributed by atoms with Gasteiger partial charge in [-0.3, -0.25) is 0 Å². The van der Waals surface area contributed by atoms with Gasteiger partial charge in [-0.2, -0.15) is 0 Å². The Morgan fingerprint density at radius 3 is 1.84 bits per heavy atom. The van der Waals surface area contributed by atoms with E-state index >= 15 is 0 Å². The summed E-state index contributed by atoms with van der Waals surface area (Å²) >= 11 is 0. The molecule has 1 aromatic heterocycles. The maximum absolute atomic E-state index is 2.91. The first-order chi connectivity index (χ1) is 32.3. The molecule has 3 heterocycles.